The zero-order valence-corrected chi connectivity index (χ0v) is 12.7. The maximum absolute atomic E-state index is 11.6. The van der Waals surface area contributed by atoms with Crippen molar-refractivity contribution in [2.45, 2.75) is 0 Å². The van der Waals surface area contributed by atoms with Gasteiger partial charge in [-0.05, 0) is 23.8 Å². The lowest BCUT2D eigenvalue weighted by molar-refractivity contribution is 0.0699. The predicted octanol–water partition coefficient (Wildman–Crippen LogP) is 4.60. The van der Waals surface area contributed by atoms with Crippen LogP contribution in [0.5, 0.6) is 0 Å². The molecule has 0 atom stereocenters. The molecule has 0 spiro atoms. The quantitative estimate of drug-likeness (QED) is 0.581. The summed E-state index contributed by atoms with van der Waals surface area (Å²) >= 11 is 0. The molecule has 4 rings (SSSR count). The van der Waals surface area contributed by atoms with Crippen molar-refractivity contribution in [3.8, 4) is 22.3 Å². The number of hydrogen-bond donors (Lipinski definition) is 2. The molecule has 0 aliphatic heterocycles. The molecule has 2 aromatic heterocycles. The van der Waals surface area contributed by atoms with E-state index in [0.717, 1.165) is 27.8 Å². The molecule has 0 radical (unpaired) electrons. The van der Waals surface area contributed by atoms with E-state index in [4.69, 9.17) is 0 Å². The molecule has 4 heteroatoms. The van der Waals surface area contributed by atoms with Gasteiger partial charge in [-0.2, -0.15) is 0 Å². The number of pyridine rings is 1. The molecule has 0 bridgehead atoms. The van der Waals surface area contributed by atoms with E-state index < -0.39 is 5.97 Å². The summed E-state index contributed by atoms with van der Waals surface area (Å²) < 4.78 is 0. The number of nitrogens with one attached hydrogen (secondary N) is 1. The van der Waals surface area contributed by atoms with Crippen molar-refractivity contribution >= 4 is 16.9 Å². The molecule has 0 fully saturated rings. The first-order chi connectivity index (χ1) is 11.7. The molecule has 2 heterocycles. The van der Waals surface area contributed by atoms with Crippen LogP contribution in [-0.2, 0) is 0 Å². The maximum atomic E-state index is 11.6. The summed E-state index contributed by atoms with van der Waals surface area (Å²) in [6, 6.07) is 17.3. The Kier molecular flexibility index (Phi) is 3.35. The second kappa shape index (κ2) is 5.66. The van der Waals surface area contributed by atoms with Crippen LogP contribution in [0.2, 0.25) is 0 Å². The monoisotopic (exact) mass is 314 g/mol. The summed E-state index contributed by atoms with van der Waals surface area (Å²) in [7, 11) is 0. The number of fused-ring (bicyclic) bond motifs is 1. The van der Waals surface area contributed by atoms with E-state index in [1.54, 1.807) is 18.3 Å². The number of hydrogen-bond acceptors (Lipinski definition) is 2. The third-order valence-corrected chi connectivity index (χ3v) is 4.09. The summed E-state index contributed by atoms with van der Waals surface area (Å²) in [4.78, 5) is 19.0. The van der Waals surface area contributed by atoms with Gasteiger partial charge in [0.05, 0.1) is 5.56 Å². The number of aromatic amines is 1. The number of aromatic nitrogens is 2. The van der Waals surface area contributed by atoms with Gasteiger partial charge in [-0.25, -0.2) is 4.79 Å². The minimum atomic E-state index is -0.936. The fourth-order valence-electron chi connectivity index (χ4n) is 2.97. The van der Waals surface area contributed by atoms with E-state index in [1.165, 1.54) is 0 Å². The number of aromatic carboxylic acids is 1. The van der Waals surface area contributed by atoms with Crippen LogP contribution in [0, 0.1) is 0 Å². The molecule has 4 nitrogen and oxygen atoms in total. The number of carboxylic acids is 1. The highest BCUT2D eigenvalue weighted by atomic mass is 16.4. The van der Waals surface area contributed by atoms with Crippen LogP contribution in [-0.4, -0.2) is 21.0 Å². The molecule has 2 N–H and O–H groups in total. The van der Waals surface area contributed by atoms with Crippen molar-refractivity contribution in [3.05, 3.63) is 78.8 Å². The summed E-state index contributed by atoms with van der Waals surface area (Å²) in [6.07, 6.45) is 5.41. The second-order valence-corrected chi connectivity index (χ2v) is 5.56. The van der Waals surface area contributed by atoms with Crippen LogP contribution in [0.4, 0.5) is 0 Å². The molecule has 24 heavy (non-hydrogen) atoms. The van der Waals surface area contributed by atoms with Crippen molar-refractivity contribution < 1.29 is 9.90 Å². The largest absolute Gasteiger partial charge is 0.478 e. The maximum Gasteiger partial charge on any atom is 0.336 e. The average molecular weight is 314 g/mol. The molecule has 0 saturated carbocycles. The Bertz CT molecular complexity index is 1040. The number of benzene rings is 2. The van der Waals surface area contributed by atoms with Gasteiger partial charge in [0.25, 0.3) is 0 Å². The topological polar surface area (TPSA) is 66.0 Å². The number of nitrogens with zero attached hydrogens (tertiary/aromatic N) is 1. The smallest absolute Gasteiger partial charge is 0.336 e. The minimum Gasteiger partial charge on any atom is -0.478 e. The van der Waals surface area contributed by atoms with Gasteiger partial charge in [-0.15, -0.1) is 0 Å². The molecular weight excluding hydrogens is 300 g/mol. The van der Waals surface area contributed by atoms with Crippen molar-refractivity contribution in [3.63, 3.8) is 0 Å². The third kappa shape index (κ3) is 2.34. The van der Waals surface area contributed by atoms with Crippen molar-refractivity contribution in [1.29, 1.82) is 0 Å². The van der Waals surface area contributed by atoms with Gasteiger partial charge in [-0.1, -0.05) is 36.4 Å². The molecule has 0 unspecified atom stereocenters. The highest BCUT2D eigenvalue weighted by Gasteiger charge is 2.15. The summed E-state index contributed by atoms with van der Waals surface area (Å²) in [5.74, 6) is -0.936. The summed E-state index contributed by atoms with van der Waals surface area (Å²) in [6.45, 7) is 0. The Hall–Kier alpha value is -3.40. The van der Waals surface area contributed by atoms with E-state index in [-0.39, 0.29) is 5.56 Å². The minimum absolute atomic E-state index is 0.286. The van der Waals surface area contributed by atoms with Crippen LogP contribution in [0.1, 0.15) is 10.4 Å². The second-order valence-electron chi connectivity index (χ2n) is 5.56. The SMILES string of the molecule is O=C(O)c1cccc2[nH]cc(-c3cncc(-c4ccccc4)c3)c12. The Morgan fingerprint density at radius 3 is 2.50 bits per heavy atom. The van der Waals surface area contributed by atoms with Crippen molar-refractivity contribution in [2.75, 3.05) is 0 Å². The van der Waals surface area contributed by atoms with Crippen molar-refractivity contribution in [1.82, 2.24) is 9.97 Å². The van der Waals surface area contributed by atoms with Gasteiger partial charge >= 0.3 is 5.97 Å². The zero-order chi connectivity index (χ0) is 16.5. The third-order valence-electron chi connectivity index (χ3n) is 4.09. The van der Waals surface area contributed by atoms with Gasteiger partial charge < -0.3 is 10.1 Å². The molecule has 116 valence electrons. The standard InChI is InChI=1S/C20H14N2O2/c23-20(24)16-7-4-8-18-19(16)17(12-22-18)15-9-14(10-21-11-15)13-5-2-1-3-6-13/h1-12,22H,(H,23,24). The summed E-state index contributed by atoms with van der Waals surface area (Å²) in [5.41, 5.74) is 4.88. The molecule has 0 amide bonds. The first-order valence-corrected chi connectivity index (χ1v) is 7.58. The first kappa shape index (κ1) is 14.2. The lowest BCUT2D eigenvalue weighted by Crippen LogP contribution is -1.97. The molecule has 0 aliphatic carbocycles. The van der Waals surface area contributed by atoms with Gasteiger partial charge in [-0.3, -0.25) is 4.98 Å². The molecule has 0 saturated heterocycles. The van der Waals surface area contributed by atoms with E-state index in [9.17, 15) is 9.90 Å². The molecule has 0 aliphatic rings. The van der Waals surface area contributed by atoms with Gasteiger partial charge in [0.1, 0.15) is 0 Å². The number of carbonyl (C=O) groups is 1. The Morgan fingerprint density at radius 2 is 1.71 bits per heavy atom. The lowest BCUT2D eigenvalue weighted by atomic mass is 9.99. The molecular formula is C20H14N2O2. The fourth-order valence-corrected chi connectivity index (χ4v) is 2.97. The summed E-state index contributed by atoms with van der Waals surface area (Å²) in [5, 5.41) is 10.2. The lowest BCUT2D eigenvalue weighted by Gasteiger charge is -2.06. The van der Waals surface area contributed by atoms with Crippen LogP contribution in [0.3, 0.4) is 0 Å². The van der Waals surface area contributed by atoms with E-state index >= 15 is 0 Å². The Morgan fingerprint density at radius 1 is 0.917 bits per heavy atom. The number of H-pyrrole nitrogens is 1. The van der Waals surface area contributed by atoms with Crippen molar-refractivity contribution in [2.24, 2.45) is 0 Å². The number of carboxylic acid groups (broad SMARTS) is 1. The normalized spacial score (nSPS) is 10.8. The van der Waals surface area contributed by atoms with Gasteiger partial charge in [0.2, 0.25) is 0 Å². The first-order valence-electron chi connectivity index (χ1n) is 7.58. The number of rotatable bonds is 3. The van der Waals surface area contributed by atoms with Crippen LogP contribution < -0.4 is 0 Å². The van der Waals surface area contributed by atoms with Gasteiger partial charge in [0, 0.05) is 46.2 Å². The fraction of sp³-hybridized carbons (Fsp3) is 0. The Labute approximate surface area is 138 Å². The predicted molar refractivity (Wildman–Crippen MR) is 93.9 cm³/mol. The Balaban J connectivity index is 1.91. The van der Waals surface area contributed by atoms with E-state index in [1.807, 2.05) is 54.9 Å². The zero-order valence-electron chi connectivity index (χ0n) is 12.7. The van der Waals surface area contributed by atoms with Crippen LogP contribution >= 0.6 is 0 Å². The molecule has 4 aromatic rings. The molecule has 2 aromatic carbocycles. The highest BCUT2D eigenvalue weighted by Crippen LogP contribution is 2.33. The highest BCUT2D eigenvalue weighted by molar-refractivity contribution is 6.09. The van der Waals surface area contributed by atoms with Gasteiger partial charge in [0.15, 0.2) is 0 Å². The average Bonchev–Trinajstić information content (AvgIpc) is 3.06. The van der Waals surface area contributed by atoms with E-state index in [0.29, 0.717) is 5.39 Å². The van der Waals surface area contributed by atoms with Crippen LogP contribution in [0.15, 0.2) is 73.2 Å². The van der Waals surface area contributed by atoms with Crippen LogP contribution in [0.25, 0.3) is 33.2 Å². The van der Waals surface area contributed by atoms with E-state index in [2.05, 4.69) is 9.97 Å².